The van der Waals surface area contributed by atoms with E-state index in [1.165, 1.54) is 0 Å². The average Bonchev–Trinajstić information content (AvgIpc) is 2.42. The van der Waals surface area contributed by atoms with Gasteiger partial charge in [-0.15, -0.1) is 0 Å². The van der Waals surface area contributed by atoms with E-state index in [2.05, 4.69) is 0 Å². The second kappa shape index (κ2) is 8.08. The summed E-state index contributed by atoms with van der Waals surface area (Å²) in [6.45, 7) is 3.87. The van der Waals surface area contributed by atoms with Crippen molar-refractivity contribution in [2.24, 2.45) is 0 Å². The zero-order valence-electron chi connectivity index (χ0n) is 11.2. The van der Waals surface area contributed by atoms with Crippen LogP contribution in [0, 0.1) is 0 Å². The van der Waals surface area contributed by atoms with Crippen LogP contribution in [0.2, 0.25) is 0 Å². The number of hydrogen-bond acceptors (Lipinski definition) is 4. The van der Waals surface area contributed by atoms with Crippen LogP contribution in [-0.2, 0) is 4.74 Å². The molecule has 0 saturated carbocycles. The van der Waals surface area contributed by atoms with Crippen molar-refractivity contribution in [2.45, 2.75) is 19.4 Å². The molecule has 0 bridgehead atoms. The molecule has 0 aliphatic heterocycles. The van der Waals surface area contributed by atoms with E-state index in [4.69, 9.17) is 9.84 Å². The fourth-order valence-electron chi connectivity index (χ4n) is 1.95. The van der Waals surface area contributed by atoms with Gasteiger partial charge in [0.25, 0.3) is 0 Å². The Labute approximate surface area is 109 Å². The van der Waals surface area contributed by atoms with Gasteiger partial charge < -0.3 is 19.8 Å². The van der Waals surface area contributed by atoms with Gasteiger partial charge in [0.15, 0.2) is 0 Å². The van der Waals surface area contributed by atoms with Crippen molar-refractivity contribution in [1.29, 1.82) is 0 Å². The lowest BCUT2D eigenvalue weighted by molar-refractivity contribution is 0.173. The van der Waals surface area contributed by atoms with E-state index in [-0.39, 0.29) is 6.61 Å². The second-order valence-corrected chi connectivity index (χ2v) is 4.19. The van der Waals surface area contributed by atoms with Crippen LogP contribution in [-0.4, -0.2) is 43.6 Å². The number of methoxy groups -OCH3 is 1. The minimum absolute atomic E-state index is 0.0836. The molecule has 1 aromatic rings. The minimum Gasteiger partial charge on any atom is -0.395 e. The van der Waals surface area contributed by atoms with E-state index >= 15 is 0 Å². The van der Waals surface area contributed by atoms with Crippen molar-refractivity contribution in [3.63, 3.8) is 0 Å². The number of nitrogens with zero attached hydrogens (tertiary/aromatic N) is 1. The predicted octanol–water partition coefficient (Wildman–Crippen LogP) is 1.58. The molecule has 4 heteroatoms. The van der Waals surface area contributed by atoms with Gasteiger partial charge in [0.05, 0.1) is 19.3 Å². The van der Waals surface area contributed by atoms with Crippen LogP contribution in [0.3, 0.4) is 0 Å². The van der Waals surface area contributed by atoms with Crippen LogP contribution in [0.4, 0.5) is 5.69 Å². The maximum absolute atomic E-state index is 10.0. The Balaban J connectivity index is 2.94. The molecule has 1 atom stereocenters. The molecule has 0 saturated heterocycles. The van der Waals surface area contributed by atoms with Gasteiger partial charge in [-0.1, -0.05) is 25.1 Å². The van der Waals surface area contributed by atoms with E-state index < -0.39 is 6.10 Å². The molecule has 0 aromatic heterocycles. The van der Waals surface area contributed by atoms with Crippen molar-refractivity contribution in [1.82, 2.24) is 0 Å². The highest BCUT2D eigenvalue weighted by Gasteiger charge is 2.14. The first-order valence-electron chi connectivity index (χ1n) is 6.36. The predicted molar refractivity (Wildman–Crippen MR) is 72.9 cm³/mol. The topological polar surface area (TPSA) is 52.9 Å². The minimum atomic E-state index is -0.468. The fourth-order valence-corrected chi connectivity index (χ4v) is 1.95. The van der Waals surface area contributed by atoms with Crippen molar-refractivity contribution < 1.29 is 14.9 Å². The summed E-state index contributed by atoms with van der Waals surface area (Å²) in [7, 11) is 1.66. The molecule has 0 fully saturated rings. The third kappa shape index (κ3) is 3.98. The molecule has 0 heterocycles. The van der Waals surface area contributed by atoms with Gasteiger partial charge in [-0.05, 0) is 12.5 Å². The molecule has 1 rings (SSSR count). The van der Waals surface area contributed by atoms with Crippen LogP contribution in [0.25, 0.3) is 0 Å². The van der Waals surface area contributed by atoms with Crippen molar-refractivity contribution >= 4 is 5.69 Å². The van der Waals surface area contributed by atoms with Crippen LogP contribution in [0.15, 0.2) is 24.3 Å². The number of aliphatic hydroxyl groups is 2. The number of para-hydroxylation sites is 1. The van der Waals surface area contributed by atoms with Gasteiger partial charge in [-0.2, -0.15) is 0 Å². The number of rotatable bonds is 8. The number of hydrogen-bond donors (Lipinski definition) is 2. The lowest BCUT2D eigenvalue weighted by Crippen LogP contribution is -2.31. The first-order chi connectivity index (χ1) is 8.74. The summed E-state index contributed by atoms with van der Waals surface area (Å²) < 4.78 is 5.08. The summed E-state index contributed by atoms with van der Waals surface area (Å²) in [5.41, 5.74) is 1.88. The van der Waals surface area contributed by atoms with E-state index in [9.17, 15) is 5.11 Å². The number of ether oxygens (including phenoxy) is 1. The van der Waals surface area contributed by atoms with E-state index in [1.807, 2.05) is 36.1 Å². The van der Waals surface area contributed by atoms with Crippen molar-refractivity contribution in [3.8, 4) is 0 Å². The zero-order valence-corrected chi connectivity index (χ0v) is 11.2. The highest BCUT2D eigenvalue weighted by molar-refractivity contribution is 5.54. The Morgan fingerprint density at radius 2 is 2.00 bits per heavy atom. The van der Waals surface area contributed by atoms with Crippen molar-refractivity contribution in [2.75, 3.05) is 38.3 Å². The van der Waals surface area contributed by atoms with Crippen molar-refractivity contribution in [3.05, 3.63) is 29.8 Å². The van der Waals surface area contributed by atoms with Crippen LogP contribution >= 0.6 is 0 Å². The largest absolute Gasteiger partial charge is 0.395 e. The van der Waals surface area contributed by atoms with Gasteiger partial charge >= 0.3 is 0 Å². The summed E-state index contributed by atoms with van der Waals surface area (Å²) in [6, 6.07) is 7.77. The van der Waals surface area contributed by atoms with Gasteiger partial charge in [-0.3, -0.25) is 0 Å². The quantitative estimate of drug-likeness (QED) is 0.738. The molecular weight excluding hydrogens is 230 g/mol. The van der Waals surface area contributed by atoms with E-state index in [1.54, 1.807) is 7.11 Å². The van der Waals surface area contributed by atoms with Crippen LogP contribution in [0.1, 0.15) is 25.0 Å². The SMILES string of the molecule is CC[C@H](O)c1ccccc1N(CCO)CCOC. The molecule has 0 spiro atoms. The zero-order chi connectivity index (χ0) is 13.4. The molecule has 0 unspecified atom stereocenters. The normalized spacial score (nSPS) is 12.4. The standard InChI is InChI=1S/C14H23NO3/c1-3-14(17)12-6-4-5-7-13(12)15(8-10-16)9-11-18-2/h4-7,14,16-17H,3,8-11H2,1-2H3/t14-/m0/s1. The summed E-state index contributed by atoms with van der Waals surface area (Å²) in [5, 5.41) is 19.2. The van der Waals surface area contributed by atoms with Crippen LogP contribution < -0.4 is 4.90 Å². The summed E-state index contributed by atoms with van der Waals surface area (Å²) in [4.78, 5) is 2.04. The Hall–Kier alpha value is -1.10. The summed E-state index contributed by atoms with van der Waals surface area (Å²) in [6.07, 6.45) is 0.207. The highest BCUT2D eigenvalue weighted by Crippen LogP contribution is 2.27. The van der Waals surface area contributed by atoms with Gasteiger partial charge in [0.1, 0.15) is 0 Å². The van der Waals surface area contributed by atoms with Gasteiger partial charge in [0.2, 0.25) is 0 Å². The second-order valence-electron chi connectivity index (χ2n) is 4.19. The molecule has 0 aliphatic carbocycles. The number of aliphatic hydroxyl groups excluding tert-OH is 2. The van der Waals surface area contributed by atoms with Crippen LogP contribution in [0.5, 0.6) is 0 Å². The van der Waals surface area contributed by atoms with Gasteiger partial charge in [0, 0.05) is 31.5 Å². The molecule has 0 radical (unpaired) electrons. The maximum Gasteiger partial charge on any atom is 0.0807 e. The molecular formula is C14H23NO3. The maximum atomic E-state index is 10.0. The number of benzene rings is 1. The summed E-state index contributed by atoms with van der Waals surface area (Å²) in [5.74, 6) is 0. The molecule has 1 aromatic carbocycles. The first-order valence-corrected chi connectivity index (χ1v) is 6.36. The third-order valence-corrected chi connectivity index (χ3v) is 2.96. The smallest absolute Gasteiger partial charge is 0.0807 e. The molecule has 4 nitrogen and oxygen atoms in total. The molecule has 18 heavy (non-hydrogen) atoms. The number of anilines is 1. The summed E-state index contributed by atoms with van der Waals surface area (Å²) >= 11 is 0. The Morgan fingerprint density at radius 3 is 2.61 bits per heavy atom. The lowest BCUT2D eigenvalue weighted by atomic mass is 10.0. The molecule has 0 amide bonds. The Morgan fingerprint density at radius 1 is 1.28 bits per heavy atom. The lowest BCUT2D eigenvalue weighted by Gasteiger charge is -2.27. The third-order valence-electron chi connectivity index (χ3n) is 2.96. The van der Waals surface area contributed by atoms with E-state index in [0.717, 1.165) is 11.3 Å². The Bertz CT molecular complexity index is 344. The van der Waals surface area contributed by atoms with E-state index in [0.29, 0.717) is 26.1 Å². The first kappa shape index (κ1) is 15.0. The molecule has 102 valence electrons. The molecule has 2 N–H and O–H groups in total. The van der Waals surface area contributed by atoms with Gasteiger partial charge in [-0.25, -0.2) is 0 Å². The Kier molecular flexibility index (Phi) is 6.72. The fraction of sp³-hybridized carbons (Fsp3) is 0.571. The highest BCUT2D eigenvalue weighted by atomic mass is 16.5. The average molecular weight is 253 g/mol. The molecule has 0 aliphatic rings. The monoisotopic (exact) mass is 253 g/mol.